The van der Waals surface area contributed by atoms with E-state index in [2.05, 4.69) is 4.90 Å². The highest BCUT2D eigenvalue weighted by molar-refractivity contribution is 5.88. The Bertz CT molecular complexity index is 607. The second kappa shape index (κ2) is 4.65. The van der Waals surface area contributed by atoms with Gasteiger partial charge in [-0.2, -0.15) is 0 Å². The van der Waals surface area contributed by atoms with Crippen LogP contribution in [0.1, 0.15) is 15.9 Å². The highest BCUT2D eigenvalue weighted by Gasteiger charge is 2.17. The van der Waals surface area contributed by atoms with Crippen LogP contribution in [0.5, 0.6) is 5.75 Å². The van der Waals surface area contributed by atoms with E-state index >= 15 is 0 Å². The molecule has 0 unspecified atom stereocenters. The molecule has 2 aromatic rings. The van der Waals surface area contributed by atoms with Crippen molar-refractivity contribution >= 4 is 11.7 Å². The predicted molar refractivity (Wildman–Crippen MR) is 71.5 cm³/mol. The Morgan fingerprint density at radius 2 is 1.84 bits per heavy atom. The highest BCUT2D eigenvalue weighted by Crippen LogP contribution is 2.27. The first-order valence-corrected chi connectivity index (χ1v) is 6.03. The lowest BCUT2D eigenvalue weighted by Crippen LogP contribution is -2.31. The molecule has 0 saturated heterocycles. The number of ether oxygens (including phenoxy) is 1. The van der Waals surface area contributed by atoms with Crippen molar-refractivity contribution in [3.8, 4) is 5.75 Å². The molecule has 2 aromatic carbocycles. The molecule has 1 aliphatic heterocycles. The summed E-state index contributed by atoms with van der Waals surface area (Å²) in [6, 6.07) is 14.8. The molecule has 1 aliphatic rings. The van der Waals surface area contributed by atoms with E-state index in [1.165, 1.54) is 0 Å². The Kier molecular flexibility index (Phi) is 2.83. The zero-order valence-electron chi connectivity index (χ0n) is 10.2. The summed E-state index contributed by atoms with van der Waals surface area (Å²) in [7, 11) is 0. The number of rotatable bonds is 2. The number of hydrogen-bond acceptors (Lipinski definition) is 3. The summed E-state index contributed by atoms with van der Waals surface area (Å²) >= 11 is 0. The van der Waals surface area contributed by atoms with Crippen molar-refractivity contribution in [3.63, 3.8) is 0 Å². The summed E-state index contributed by atoms with van der Waals surface area (Å²) in [6.45, 7) is 1.24. The van der Waals surface area contributed by atoms with Crippen molar-refractivity contribution in [2.45, 2.75) is 6.54 Å². The fourth-order valence-corrected chi connectivity index (χ4v) is 2.15. The van der Waals surface area contributed by atoms with Crippen LogP contribution in [0.3, 0.4) is 0 Å². The van der Waals surface area contributed by atoms with Gasteiger partial charge in [-0.1, -0.05) is 18.2 Å². The number of benzene rings is 2. The van der Waals surface area contributed by atoms with Gasteiger partial charge >= 0.3 is 5.97 Å². The number of carboxylic acid groups (broad SMARTS) is 1. The molecule has 1 heterocycles. The van der Waals surface area contributed by atoms with Crippen molar-refractivity contribution in [1.82, 2.24) is 0 Å². The van der Waals surface area contributed by atoms with E-state index in [1.54, 1.807) is 24.3 Å². The predicted octanol–water partition coefficient (Wildman–Crippen LogP) is 2.74. The third kappa shape index (κ3) is 2.25. The van der Waals surface area contributed by atoms with Crippen LogP contribution in [0, 0.1) is 0 Å². The SMILES string of the molecule is O=C(O)c1ccc(N2COc3ccccc3C2)cc1. The van der Waals surface area contributed by atoms with E-state index in [0.29, 0.717) is 12.3 Å². The molecule has 96 valence electrons. The van der Waals surface area contributed by atoms with Gasteiger partial charge in [-0.3, -0.25) is 0 Å². The van der Waals surface area contributed by atoms with Gasteiger partial charge < -0.3 is 14.7 Å². The molecule has 4 nitrogen and oxygen atoms in total. The summed E-state index contributed by atoms with van der Waals surface area (Å²) < 4.78 is 5.68. The Morgan fingerprint density at radius 3 is 2.58 bits per heavy atom. The summed E-state index contributed by atoms with van der Waals surface area (Å²) in [4.78, 5) is 12.9. The van der Waals surface area contributed by atoms with Crippen molar-refractivity contribution in [3.05, 3.63) is 59.7 Å². The minimum atomic E-state index is -0.910. The average Bonchev–Trinajstić information content (AvgIpc) is 2.47. The van der Waals surface area contributed by atoms with Crippen LogP contribution >= 0.6 is 0 Å². The van der Waals surface area contributed by atoms with Gasteiger partial charge in [0.15, 0.2) is 6.73 Å². The molecule has 0 atom stereocenters. The molecule has 0 bridgehead atoms. The van der Waals surface area contributed by atoms with Gasteiger partial charge in [-0.15, -0.1) is 0 Å². The Hall–Kier alpha value is -2.49. The first-order chi connectivity index (χ1) is 9.24. The molecule has 0 spiro atoms. The number of carboxylic acids is 1. The van der Waals surface area contributed by atoms with Crippen molar-refractivity contribution < 1.29 is 14.6 Å². The summed E-state index contributed by atoms with van der Waals surface area (Å²) in [5, 5.41) is 8.88. The molecule has 1 N–H and O–H groups in total. The Morgan fingerprint density at radius 1 is 1.11 bits per heavy atom. The zero-order chi connectivity index (χ0) is 13.2. The van der Waals surface area contributed by atoms with E-state index in [1.807, 2.05) is 24.3 Å². The molecule has 0 aromatic heterocycles. The minimum Gasteiger partial charge on any atom is -0.478 e. The molecular weight excluding hydrogens is 242 g/mol. The van der Waals surface area contributed by atoms with Crippen LogP contribution in [-0.2, 0) is 6.54 Å². The topological polar surface area (TPSA) is 49.8 Å². The number of hydrogen-bond donors (Lipinski definition) is 1. The molecule has 0 aliphatic carbocycles. The normalized spacial score (nSPS) is 13.6. The van der Waals surface area contributed by atoms with E-state index < -0.39 is 5.97 Å². The summed E-state index contributed by atoms with van der Waals surface area (Å²) in [5.41, 5.74) is 2.39. The van der Waals surface area contributed by atoms with Gasteiger partial charge in [0.2, 0.25) is 0 Å². The molecule has 3 rings (SSSR count). The van der Waals surface area contributed by atoms with E-state index in [0.717, 1.165) is 23.5 Å². The second-order valence-electron chi connectivity index (χ2n) is 4.43. The first-order valence-electron chi connectivity index (χ1n) is 6.03. The highest BCUT2D eigenvalue weighted by atomic mass is 16.5. The Balaban J connectivity index is 1.83. The lowest BCUT2D eigenvalue weighted by molar-refractivity contribution is 0.0697. The number of carbonyl (C=O) groups is 1. The van der Waals surface area contributed by atoms with Crippen molar-refractivity contribution in [2.75, 3.05) is 11.6 Å². The third-order valence-electron chi connectivity index (χ3n) is 3.19. The number of anilines is 1. The smallest absolute Gasteiger partial charge is 0.335 e. The van der Waals surface area contributed by atoms with Crippen LogP contribution in [0.25, 0.3) is 0 Å². The molecule has 0 radical (unpaired) electrons. The van der Waals surface area contributed by atoms with Crippen molar-refractivity contribution in [2.24, 2.45) is 0 Å². The quantitative estimate of drug-likeness (QED) is 0.896. The van der Waals surface area contributed by atoms with Crippen molar-refractivity contribution in [1.29, 1.82) is 0 Å². The van der Waals surface area contributed by atoms with Crippen LogP contribution in [0.15, 0.2) is 48.5 Å². The fourth-order valence-electron chi connectivity index (χ4n) is 2.15. The summed E-state index contributed by atoms with van der Waals surface area (Å²) in [5.74, 6) is 0.00713. The monoisotopic (exact) mass is 255 g/mol. The van der Waals surface area contributed by atoms with Gasteiger partial charge in [0.1, 0.15) is 5.75 Å². The van der Waals surface area contributed by atoms with Crippen LogP contribution < -0.4 is 9.64 Å². The number of nitrogens with zero attached hydrogens (tertiary/aromatic N) is 1. The van der Waals surface area contributed by atoms with Gasteiger partial charge in [0.05, 0.1) is 5.56 Å². The van der Waals surface area contributed by atoms with E-state index in [-0.39, 0.29) is 0 Å². The van der Waals surface area contributed by atoms with Gasteiger partial charge in [-0.25, -0.2) is 4.79 Å². The maximum atomic E-state index is 10.8. The van der Waals surface area contributed by atoms with Gasteiger partial charge in [-0.05, 0) is 30.3 Å². The standard InChI is InChI=1S/C15H13NO3/c17-15(18)11-5-7-13(8-6-11)16-9-12-3-1-2-4-14(12)19-10-16/h1-8H,9-10H2,(H,17,18). The van der Waals surface area contributed by atoms with Crippen LogP contribution in [0.4, 0.5) is 5.69 Å². The van der Waals surface area contributed by atoms with Crippen LogP contribution in [0.2, 0.25) is 0 Å². The number of fused-ring (bicyclic) bond motifs is 1. The summed E-state index contributed by atoms with van der Waals surface area (Å²) in [6.07, 6.45) is 0. The lowest BCUT2D eigenvalue weighted by Gasteiger charge is -2.30. The average molecular weight is 255 g/mol. The van der Waals surface area contributed by atoms with Gasteiger partial charge in [0.25, 0.3) is 0 Å². The lowest BCUT2D eigenvalue weighted by atomic mass is 10.1. The minimum absolute atomic E-state index is 0.294. The maximum Gasteiger partial charge on any atom is 0.335 e. The second-order valence-corrected chi connectivity index (χ2v) is 4.43. The first kappa shape index (κ1) is 11.6. The van der Waals surface area contributed by atoms with Gasteiger partial charge in [0, 0.05) is 17.8 Å². The van der Waals surface area contributed by atoms with E-state index in [4.69, 9.17) is 9.84 Å². The molecule has 19 heavy (non-hydrogen) atoms. The molecule has 0 fully saturated rings. The molecule has 0 amide bonds. The third-order valence-corrected chi connectivity index (χ3v) is 3.19. The largest absolute Gasteiger partial charge is 0.478 e. The fraction of sp³-hybridized carbons (Fsp3) is 0.133. The van der Waals surface area contributed by atoms with Crippen LogP contribution in [-0.4, -0.2) is 17.8 Å². The zero-order valence-corrected chi connectivity index (χ0v) is 10.2. The molecule has 0 saturated carbocycles. The number of para-hydroxylation sites is 1. The van der Waals surface area contributed by atoms with E-state index in [9.17, 15) is 4.79 Å². The molecular formula is C15H13NO3. The molecule has 4 heteroatoms. The number of aromatic carboxylic acids is 1. The maximum absolute atomic E-state index is 10.8. The Labute approximate surface area is 110 Å².